The fourth-order valence-electron chi connectivity index (χ4n) is 4.25. The Labute approximate surface area is 111 Å². The summed E-state index contributed by atoms with van der Waals surface area (Å²) in [5.41, 5.74) is -0.234. The number of nitrogens with one attached hydrogen (secondary N) is 1. The van der Waals surface area contributed by atoms with Gasteiger partial charge in [-0.3, -0.25) is 10.2 Å². The minimum Gasteiger partial charge on any atom is -0.297 e. The van der Waals surface area contributed by atoms with Crippen LogP contribution in [0.4, 0.5) is 0 Å². The van der Waals surface area contributed by atoms with Crippen LogP contribution >= 0.6 is 0 Å². The predicted molar refractivity (Wildman–Crippen MR) is 72.2 cm³/mol. The van der Waals surface area contributed by atoms with Gasteiger partial charge in [0.05, 0.1) is 6.07 Å². The van der Waals surface area contributed by atoms with E-state index in [1.54, 1.807) is 0 Å². The van der Waals surface area contributed by atoms with Gasteiger partial charge in [-0.05, 0) is 38.6 Å². The highest BCUT2D eigenvalue weighted by Gasteiger charge is 2.49. The van der Waals surface area contributed by atoms with Crippen LogP contribution in [0, 0.1) is 11.3 Å². The smallest absolute Gasteiger partial charge is 0.123 e. The van der Waals surface area contributed by atoms with Gasteiger partial charge in [0, 0.05) is 18.6 Å². The zero-order valence-corrected chi connectivity index (χ0v) is 11.3. The third kappa shape index (κ3) is 2.17. The molecule has 0 spiro atoms. The van der Waals surface area contributed by atoms with E-state index in [0.29, 0.717) is 12.1 Å². The zero-order valence-electron chi connectivity index (χ0n) is 11.3. The zero-order chi connectivity index (χ0) is 12.4. The molecule has 3 heteroatoms. The van der Waals surface area contributed by atoms with E-state index in [-0.39, 0.29) is 5.54 Å². The molecule has 100 valence electrons. The van der Waals surface area contributed by atoms with Crippen molar-refractivity contribution < 1.29 is 0 Å². The number of nitrogens with zero attached hydrogens (tertiary/aromatic N) is 2. The number of fused-ring (bicyclic) bond motifs is 1. The molecular formula is C15H25N3. The normalized spacial score (nSPS) is 38.3. The topological polar surface area (TPSA) is 39.1 Å². The first-order chi connectivity index (χ1) is 8.84. The first-order valence-electron chi connectivity index (χ1n) is 7.77. The number of hydrogen-bond acceptors (Lipinski definition) is 3. The van der Waals surface area contributed by atoms with E-state index in [1.165, 1.54) is 57.9 Å². The quantitative estimate of drug-likeness (QED) is 0.814. The van der Waals surface area contributed by atoms with Crippen molar-refractivity contribution in [2.75, 3.05) is 13.1 Å². The standard InChI is InChI=1S/C15H25N3/c16-12-15(17-13-6-2-1-3-7-13)9-11-18-10-5-4-8-14(15)18/h13-14,17H,1-11H2. The third-order valence-corrected chi connectivity index (χ3v) is 5.24. The lowest BCUT2D eigenvalue weighted by Gasteiger charge is -2.40. The monoisotopic (exact) mass is 247 g/mol. The van der Waals surface area contributed by atoms with Crippen LogP contribution in [-0.2, 0) is 0 Å². The lowest BCUT2D eigenvalue weighted by molar-refractivity contribution is 0.149. The second-order valence-electron chi connectivity index (χ2n) is 6.36. The first-order valence-corrected chi connectivity index (χ1v) is 7.77. The summed E-state index contributed by atoms with van der Waals surface area (Å²) in [6.07, 6.45) is 11.5. The van der Waals surface area contributed by atoms with Crippen molar-refractivity contribution in [3.8, 4) is 6.07 Å². The Hall–Kier alpha value is -0.590. The molecule has 2 heterocycles. The summed E-state index contributed by atoms with van der Waals surface area (Å²) in [6, 6.07) is 3.75. The molecule has 2 atom stereocenters. The number of hydrogen-bond donors (Lipinski definition) is 1. The highest BCUT2D eigenvalue weighted by Crippen LogP contribution is 2.36. The highest BCUT2D eigenvalue weighted by atomic mass is 15.3. The maximum atomic E-state index is 9.75. The molecule has 3 rings (SSSR count). The average Bonchev–Trinajstić information content (AvgIpc) is 2.80. The summed E-state index contributed by atoms with van der Waals surface area (Å²) in [5.74, 6) is 0. The van der Waals surface area contributed by atoms with E-state index in [0.717, 1.165) is 13.0 Å². The van der Waals surface area contributed by atoms with Gasteiger partial charge < -0.3 is 0 Å². The Balaban J connectivity index is 1.71. The predicted octanol–water partition coefficient (Wildman–Crippen LogP) is 2.43. The van der Waals surface area contributed by atoms with Gasteiger partial charge in [0.15, 0.2) is 0 Å². The molecular weight excluding hydrogens is 222 g/mol. The molecule has 0 amide bonds. The van der Waals surface area contributed by atoms with Crippen molar-refractivity contribution in [1.29, 1.82) is 5.26 Å². The minimum atomic E-state index is -0.234. The minimum absolute atomic E-state index is 0.234. The van der Waals surface area contributed by atoms with E-state index < -0.39 is 0 Å². The van der Waals surface area contributed by atoms with Crippen molar-refractivity contribution >= 4 is 0 Å². The fraction of sp³-hybridized carbons (Fsp3) is 0.933. The van der Waals surface area contributed by atoms with Crippen LogP contribution in [0.15, 0.2) is 0 Å². The van der Waals surface area contributed by atoms with Gasteiger partial charge in [0.25, 0.3) is 0 Å². The maximum Gasteiger partial charge on any atom is 0.123 e. The van der Waals surface area contributed by atoms with Gasteiger partial charge in [-0.1, -0.05) is 25.7 Å². The van der Waals surface area contributed by atoms with Crippen LogP contribution < -0.4 is 5.32 Å². The van der Waals surface area contributed by atoms with Gasteiger partial charge in [-0.25, -0.2) is 0 Å². The molecule has 0 bridgehead atoms. The Morgan fingerprint density at radius 3 is 2.56 bits per heavy atom. The van der Waals surface area contributed by atoms with Crippen LogP contribution in [0.25, 0.3) is 0 Å². The van der Waals surface area contributed by atoms with Crippen molar-refractivity contribution in [1.82, 2.24) is 10.2 Å². The number of rotatable bonds is 2. The molecule has 0 aromatic heterocycles. The van der Waals surface area contributed by atoms with Crippen LogP contribution in [0.2, 0.25) is 0 Å². The Bertz CT molecular complexity index is 329. The largest absolute Gasteiger partial charge is 0.297 e. The van der Waals surface area contributed by atoms with Gasteiger partial charge in [-0.2, -0.15) is 5.26 Å². The molecule has 0 radical (unpaired) electrons. The second-order valence-corrected chi connectivity index (χ2v) is 6.36. The Morgan fingerprint density at radius 2 is 1.78 bits per heavy atom. The highest BCUT2D eigenvalue weighted by molar-refractivity contribution is 5.20. The van der Waals surface area contributed by atoms with E-state index in [1.807, 2.05) is 0 Å². The molecule has 1 saturated carbocycles. The van der Waals surface area contributed by atoms with Gasteiger partial charge in [0.1, 0.15) is 5.54 Å². The fourth-order valence-corrected chi connectivity index (χ4v) is 4.25. The molecule has 0 aromatic carbocycles. The summed E-state index contributed by atoms with van der Waals surface area (Å²) in [6.45, 7) is 2.33. The van der Waals surface area contributed by atoms with Crippen LogP contribution in [0.5, 0.6) is 0 Å². The molecule has 1 aliphatic carbocycles. The molecule has 18 heavy (non-hydrogen) atoms. The van der Waals surface area contributed by atoms with Crippen LogP contribution in [-0.4, -0.2) is 35.6 Å². The third-order valence-electron chi connectivity index (χ3n) is 5.24. The van der Waals surface area contributed by atoms with Gasteiger partial charge in [-0.15, -0.1) is 0 Å². The van der Waals surface area contributed by atoms with Gasteiger partial charge >= 0.3 is 0 Å². The summed E-state index contributed by atoms with van der Waals surface area (Å²) in [4.78, 5) is 2.56. The van der Waals surface area contributed by atoms with E-state index >= 15 is 0 Å². The average molecular weight is 247 g/mol. The van der Waals surface area contributed by atoms with E-state index in [4.69, 9.17) is 0 Å². The number of piperidine rings is 1. The molecule has 2 unspecified atom stereocenters. The molecule has 0 aromatic rings. The van der Waals surface area contributed by atoms with E-state index in [9.17, 15) is 5.26 Å². The molecule has 2 aliphatic heterocycles. The molecule has 2 saturated heterocycles. The van der Waals surface area contributed by atoms with E-state index in [2.05, 4.69) is 16.3 Å². The Kier molecular flexibility index (Phi) is 3.59. The summed E-state index contributed by atoms with van der Waals surface area (Å²) in [7, 11) is 0. The second kappa shape index (κ2) is 5.19. The molecule has 3 fully saturated rings. The van der Waals surface area contributed by atoms with Crippen LogP contribution in [0.1, 0.15) is 57.8 Å². The van der Waals surface area contributed by atoms with Gasteiger partial charge in [0.2, 0.25) is 0 Å². The molecule has 1 N–H and O–H groups in total. The van der Waals surface area contributed by atoms with Crippen molar-refractivity contribution in [2.24, 2.45) is 0 Å². The maximum absolute atomic E-state index is 9.75. The van der Waals surface area contributed by atoms with Crippen LogP contribution in [0.3, 0.4) is 0 Å². The Morgan fingerprint density at radius 1 is 1.00 bits per heavy atom. The van der Waals surface area contributed by atoms with Crippen molar-refractivity contribution in [3.05, 3.63) is 0 Å². The van der Waals surface area contributed by atoms with Crippen molar-refractivity contribution in [3.63, 3.8) is 0 Å². The summed E-state index contributed by atoms with van der Waals surface area (Å²) >= 11 is 0. The lowest BCUT2D eigenvalue weighted by atomic mass is 9.84. The molecule has 3 aliphatic rings. The first kappa shape index (κ1) is 12.4. The summed E-state index contributed by atoms with van der Waals surface area (Å²) in [5, 5.41) is 13.5. The summed E-state index contributed by atoms with van der Waals surface area (Å²) < 4.78 is 0. The van der Waals surface area contributed by atoms with Crippen molar-refractivity contribution in [2.45, 2.75) is 75.4 Å². The molecule has 3 nitrogen and oxygen atoms in total. The number of nitriles is 1. The lowest BCUT2D eigenvalue weighted by Crippen LogP contribution is -2.58. The SMILES string of the molecule is N#CC1(NC2CCCCC2)CCN2CCCCC21.